The Labute approximate surface area is 148 Å². The summed E-state index contributed by atoms with van der Waals surface area (Å²) in [6, 6.07) is 9.05. The summed E-state index contributed by atoms with van der Waals surface area (Å²) < 4.78 is 5.00. The van der Waals surface area contributed by atoms with Gasteiger partial charge in [-0.25, -0.2) is 4.79 Å². The number of urea groups is 1. The molecule has 0 spiro atoms. The number of nitrogens with one attached hydrogen (secondary N) is 1. The third kappa shape index (κ3) is 5.86. The number of aromatic nitrogens is 2. The van der Waals surface area contributed by atoms with Gasteiger partial charge in [0.25, 0.3) is 0 Å². The number of carbonyl (C=O) groups excluding carboxylic acids is 1. The minimum absolute atomic E-state index is 0.204. The predicted octanol–water partition coefficient (Wildman–Crippen LogP) is 2.81. The zero-order valence-electron chi connectivity index (χ0n) is 15.2. The van der Waals surface area contributed by atoms with E-state index < -0.39 is 5.60 Å². The van der Waals surface area contributed by atoms with Crippen LogP contribution in [0.15, 0.2) is 34.9 Å². The Morgan fingerprint density at radius 2 is 2.04 bits per heavy atom. The summed E-state index contributed by atoms with van der Waals surface area (Å²) in [5, 5.41) is 17.0. The van der Waals surface area contributed by atoms with Gasteiger partial charge in [0.1, 0.15) is 0 Å². The van der Waals surface area contributed by atoms with E-state index in [4.69, 9.17) is 4.52 Å². The molecule has 2 amide bonds. The lowest BCUT2D eigenvalue weighted by Crippen LogP contribution is -2.47. The molecule has 7 heteroatoms. The molecule has 0 aliphatic heterocycles. The Bertz CT molecular complexity index is 679. The highest BCUT2D eigenvalue weighted by Crippen LogP contribution is 2.16. The van der Waals surface area contributed by atoms with Crippen molar-refractivity contribution in [2.24, 2.45) is 0 Å². The number of amides is 2. The van der Waals surface area contributed by atoms with Crippen molar-refractivity contribution in [3.63, 3.8) is 0 Å². The molecule has 1 atom stereocenters. The molecule has 2 aromatic rings. The molecule has 0 saturated carbocycles. The van der Waals surface area contributed by atoms with Crippen molar-refractivity contribution < 1.29 is 14.4 Å². The summed E-state index contributed by atoms with van der Waals surface area (Å²) in [5.41, 5.74) is -0.0123. The second kappa shape index (κ2) is 8.11. The number of aryl methyl sites for hydroxylation is 1. The van der Waals surface area contributed by atoms with Crippen LogP contribution in [0.25, 0.3) is 0 Å². The van der Waals surface area contributed by atoms with Gasteiger partial charge in [0.05, 0.1) is 18.2 Å². The molecule has 0 aliphatic rings. The highest BCUT2D eigenvalue weighted by Gasteiger charge is 2.26. The number of rotatable bonds is 7. The molecule has 0 bridgehead atoms. The number of aliphatic hydroxyl groups is 1. The van der Waals surface area contributed by atoms with E-state index >= 15 is 0 Å². The molecule has 1 aromatic heterocycles. The molecule has 0 saturated heterocycles. The van der Waals surface area contributed by atoms with Crippen LogP contribution in [0.1, 0.15) is 50.5 Å². The smallest absolute Gasteiger partial charge is 0.318 e. The summed E-state index contributed by atoms with van der Waals surface area (Å²) in [5.74, 6) is 0.914. The lowest BCUT2D eigenvalue weighted by molar-refractivity contribution is 0.0441. The van der Waals surface area contributed by atoms with Crippen LogP contribution in [0.4, 0.5) is 4.79 Å². The minimum Gasteiger partial charge on any atom is -0.389 e. The van der Waals surface area contributed by atoms with Crippen molar-refractivity contribution in [3.05, 3.63) is 47.6 Å². The molecule has 0 radical (unpaired) electrons. The zero-order valence-corrected chi connectivity index (χ0v) is 15.2. The van der Waals surface area contributed by atoms with Crippen molar-refractivity contribution >= 4 is 6.03 Å². The molecule has 1 heterocycles. The summed E-state index contributed by atoms with van der Waals surface area (Å²) >= 11 is 0. The first-order valence-electron chi connectivity index (χ1n) is 8.40. The van der Waals surface area contributed by atoms with Gasteiger partial charge in [-0.15, -0.1) is 0 Å². The van der Waals surface area contributed by atoms with Gasteiger partial charge in [-0.05, 0) is 25.8 Å². The Balaban J connectivity index is 2.13. The van der Waals surface area contributed by atoms with Crippen LogP contribution in [0.3, 0.4) is 0 Å². The summed E-state index contributed by atoms with van der Waals surface area (Å²) in [6.07, 6.45) is 0.631. The Morgan fingerprint density at radius 3 is 2.56 bits per heavy atom. The quantitative estimate of drug-likeness (QED) is 0.804. The number of hydrogen-bond donors (Lipinski definition) is 2. The number of carbonyl (C=O) groups is 1. The predicted molar refractivity (Wildman–Crippen MR) is 93.7 cm³/mol. The van der Waals surface area contributed by atoms with Crippen LogP contribution in [0, 0.1) is 6.92 Å². The standard InChI is InChI=1S/C18H26N4O3/c1-5-15(16-19-13(2)25-21-16)20-17(23)22(12-18(3,4)24)11-14-9-7-6-8-10-14/h6-10,15,24H,5,11-12H2,1-4H3,(H,20,23). The van der Waals surface area contributed by atoms with Crippen molar-refractivity contribution in [1.82, 2.24) is 20.4 Å². The number of hydrogen-bond acceptors (Lipinski definition) is 5. The Kier molecular flexibility index (Phi) is 6.14. The first-order valence-corrected chi connectivity index (χ1v) is 8.40. The van der Waals surface area contributed by atoms with Crippen LogP contribution < -0.4 is 5.32 Å². The van der Waals surface area contributed by atoms with E-state index in [0.717, 1.165) is 5.56 Å². The highest BCUT2D eigenvalue weighted by molar-refractivity contribution is 5.74. The fraction of sp³-hybridized carbons (Fsp3) is 0.500. The third-order valence-corrected chi connectivity index (χ3v) is 3.64. The van der Waals surface area contributed by atoms with Crippen molar-refractivity contribution in [1.29, 1.82) is 0 Å². The maximum atomic E-state index is 12.8. The van der Waals surface area contributed by atoms with Crippen LogP contribution in [-0.2, 0) is 6.54 Å². The van der Waals surface area contributed by atoms with Crippen molar-refractivity contribution in [2.45, 2.75) is 52.3 Å². The third-order valence-electron chi connectivity index (χ3n) is 3.64. The van der Waals surface area contributed by atoms with Gasteiger partial charge < -0.3 is 19.8 Å². The Hall–Kier alpha value is -2.41. The molecule has 2 N–H and O–H groups in total. The highest BCUT2D eigenvalue weighted by atomic mass is 16.5. The largest absolute Gasteiger partial charge is 0.389 e. The first-order chi connectivity index (χ1) is 11.8. The molecule has 7 nitrogen and oxygen atoms in total. The van der Waals surface area contributed by atoms with E-state index in [1.165, 1.54) is 0 Å². The normalized spacial score (nSPS) is 12.7. The zero-order chi connectivity index (χ0) is 18.4. The summed E-state index contributed by atoms with van der Waals surface area (Å²) in [4.78, 5) is 18.6. The maximum Gasteiger partial charge on any atom is 0.318 e. The van der Waals surface area contributed by atoms with Gasteiger partial charge in [-0.1, -0.05) is 42.4 Å². The van der Waals surface area contributed by atoms with Crippen molar-refractivity contribution in [2.75, 3.05) is 6.54 Å². The van der Waals surface area contributed by atoms with Crippen LogP contribution in [0.5, 0.6) is 0 Å². The number of benzene rings is 1. The fourth-order valence-electron chi connectivity index (χ4n) is 2.52. The van der Waals surface area contributed by atoms with Gasteiger partial charge in [-0.2, -0.15) is 4.98 Å². The van der Waals surface area contributed by atoms with E-state index in [9.17, 15) is 9.90 Å². The second-order valence-corrected chi connectivity index (χ2v) is 6.74. The lowest BCUT2D eigenvalue weighted by atomic mass is 10.1. The molecule has 25 heavy (non-hydrogen) atoms. The average Bonchev–Trinajstić information content (AvgIpc) is 2.97. The minimum atomic E-state index is -1.00. The lowest BCUT2D eigenvalue weighted by Gasteiger charge is -2.30. The average molecular weight is 346 g/mol. The van der Waals surface area contributed by atoms with E-state index in [-0.39, 0.29) is 18.6 Å². The molecular formula is C18H26N4O3. The molecule has 1 unspecified atom stereocenters. The monoisotopic (exact) mass is 346 g/mol. The second-order valence-electron chi connectivity index (χ2n) is 6.74. The van der Waals surface area contributed by atoms with Crippen molar-refractivity contribution in [3.8, 4) is 0 Å². The molecule has 136 valence electrons. The fourth-order valence-corrected chi connectivity index (χ4v) is 2.52. The SMILES string of the molecule is CCC(NC(=O)N(Cc1ccccc1)CC(C)(C)O)c1noc(C)n1. The molecular weight excluding hydrogens is 320 g/mol. The maximum absolute atomic E-state index is 12.8. The van der Waals surface area contributed by atoms with Gasteiger partial charge in [0.15, 0.2) is 5.82 Å². The van der Waals surface area contributed by atoms with Gasteiger partial charge in [-0.3, -0.25) is 0 Å². The molecule has 0 aliphatic carbocycles. The molecule has 1 aromatic carbocycles. The molecule has 0 fully saturated rings. The van der Waals surface area contributed by atoms with Gasteiger partial charge >= 0.3 is 6.03 Å². The molecule has 2 rings (SSSR count). The van der Waals surface area contributed by atoms with E-state index in [2.05, 4.69) is 15.5 Å². The Morgan fingerprint density at radius 1 is 1.36 bits per heavy atom. The van der Waals surface area contributed by atoms with E-state index in [1.54, 1.807) is 25.7 Å². The number of nitrogens with zero attached hydrogens (tertiary/aromatic N) is 3. The van der Waals surface area contributed by atoms with Crippen LogP contribution >= 0.6 is 0 Å². The van der Waals surface area contributed by atoms with Gasteiger partial charge in [0.2, 0.25) is 5.89 Å². The van der Waals surface area contributed by atoms with Crippen LogP contribution in [0.2, 0.25) is 0 Å². The van der Waals surface area contributed by atoms with Gasteiger partial charge in [0, 0.05) is 13.5 Å². The summed E-state index contributed by atoms with van der Waals surface area (Å²) in [6.45, 7) is 7.61. The topological polar surface area (TPSA) is 91.5 Å². The van der Waals surface area contributed by atoms with Crippen LogP contribution in [-0.4, -0.2) is 38.3 Å². The van der Waals surface area contributed by atoms with E-state index in [1.807, 2.05) is 37.3 Å². The summed E-state index contributed by atoms with van der Waals surface area (Å²) in [7, 11) is 0. The first kappa shape index (κ1) is 18.9. The van der Waals surface area contributed by atoms with E-state index in [0.29, 0.717) is 24.7 Å².